The zero-order valence-electron chi connectivity index (χ0n) is 12.3. The van der Waals surface area contributed by atoms with E-state index in [-0.39, 0.29) is 10.5 Å². The average molecular weight is 329 g/mol. The van der Waals surface area contributed by atoms with E-state index in [4.69, 9.17) is 5.26 Å². The second-order valence-corrected chi connectivity index (χ2v) is 5.71. The summed E-state index contributed by atoms with van der Waals surface area (Å²) in [4.78, 5) is 12.1. The lowest BCUT2D eigenvalue weighted by atomic mass is 10.0. The van der Waals surface area contributed by atoms with Gasteiger partial charge in [0.15, 0.2) is 0 Å². The Kier molecular flexibility index (Phi) is 5.30. The Morgan fingerprint density at radius 3 is 2.26 bits per heavy atom. The van der Waals surface area contributed by atoms with Crippen LogP contribution in [0.3, 0.4) is 0 Å². The lowest BCUT2D eigenvalue weighted by molar-refractivity contribution is 0.0385. The van der Waals surface area contributed by atoms with Crippen molar-refractivity contribution in [1.29, 1.82) is 5.26 Å². The van der Waals surface area contributed by atoms with Crippen LogP contribution in [0.25, 0.3) is 4.91 Å². The highest BCUT2D eigenvalue weighted by Gasteiger charge is 2.37. The van der Waals surface area contributed by atoms with Crippen molar-refractivity contribution < 1.29 is 13.6 Å². The number of alkyl halides is 2. The number of nitriles is 1. The minimum atomic E-state index is -3.69. The van der Waals surface area contributed by atoms with Crippen LogP contribution >= 0.6 is 11.8 Å². The summed E-state index contributed by atoms with van der Waals surface area (Å²) in [5.74, 6) is -4.98. The molecule has 0 radical (unpaired) electrons. The van der Waals surface area contributed by atoms with Gasteiger partial charge in [-0.3, -0.25) is 4.79 Å². The van der Waals surface area contributed by atoms with Gasteiger partial charge in [-0.25, -0.2) is 0 Å². The number of ketones is 1. The van der Waals surface area contributed by atoms with Crippen molar-refractivity contribution in [2.24, 2.45) is 0 Å². The number of nitrogens with zero attached hydrogens (tertiary/aromatic N) is 1. The quantitative estimate of drug-likeness (QED) is 0.568. The Morgan fingerprint density at radius 2 is 1.70 bits per heavy atom. The fourth-order valence-corrected chi connectivity index (χ4v) is 2.51. The molecule has 2 rings (SSSR count). The normalized spacial score (nSPS) is 11.8. The summed E-state index contributed by atoms with van der Waals surface area (Å²) in [6.45, 7) is 1.87. The lowest BCUT2D eigenvalue weighted by Gasteiger charge is -2.13. The molecular weight excluding hydrogens is 316 g/mol. The van der Waals surface area contributed by atoms with Gasteiger partial charge < -0.3 is 0 Å². The SMILES string of the molecule is Cc1ccc(/C(=C\C(F)(F)C(=O)c2ccccc2)SC#N)cc1. The highest BCUT2D eigenvalue weighted by atomic mass is 32.2. The molecule has 0 aliphatic heterocycles. The predicted molar refractivity (Wildman–Crippen MR) is 88.1 cm³/mol. The first-order valence-corrected chi connectivity index (χ1v) is 7.59. The van der Waals surface area contributed by atoms with Crippen LogP contribution < -0.4 is 0 Å². The maximum absolute atomic E-state index is 14.3. The molecule has 2 aromatic rings. The molecule has 23 heavy (non-hydrogen) atoms. The van der Waals surface area contributed by atoms with Gasteiger partial charge >= 0.3 is 5.92 Å². The van der Waals surface area contributed by atoms with E-state index in [0.29, 0.717) is 23.4 Å². The van der Waals surface area contributed by atoms with E-state index in [1.807, 2.05) is 6.92 Å². The second-order valence-electron chi connectivity index (χ2n) is 4.89. The van der Waals surface area contributed by atoms with Crippen molar-refractivity contribution in [2.45, 2.75) is 12.8 Å². The first-order chi connectivity index (χ1) is 10.9. The van der Waals surface area contributed by atoms with Crippen LogP contribution in [-0.2, 0) is 0 Å². The summed E-state index contributed by atoms with van der Waals surface area (Å²) in [6.07, 6.45) is 0.556. The third-order valence-electron chi connectivity index (χ3n) is 3.14. The zero-order chi connectivity index (χ0) is 16.9. The highest BCUT2D eigenvalue weighted by molar-refractivity contribution is 8.12. The van der Waals surface area contributed by atoms with Crippen molar-refractivity contribution in [3.63, 3.8) is 0 Å². The minimum Gasteiger partial charge on any atom is -0.287 e. The number of carbonyl (C=O) groups is 1. The van der Waals surface area contributed by atoms with Crippen LogP contribution in [0.15, 0.2) is 60.7 Å². The molecule has 0 unspecified atom stereocenters. The van der Waals surface area contributed by atoms with Crippen LogP contribution in [0.1, 0.15) is 21.5 Å². The molecule has 0 N–H and O–H groups in total. The second kappa shape index (κ2) is 7.21. The summed E-state index contributed by atoms with van der Waals surface area (Å²) in [5, 5.41) is 10.6. The molecule has 2 nitrogen and oxygen atoms in total. The van der Waals surface area contributed by atoms with Gasteiger partial charge in [0, 0.05) is 16.5 Å². The summed E-state index contributed by atoms with van der Waals surface area (Å²) < 4.78 is 28.6. The number of hydrogen-bond donors (Lipinski definition) is 0. The van der Waals surface area contributed by atoms with Gasteiger partial charge in [0.1, 0.15) is 5.40 Å². The molecule has 116 valence electrons. The summed E-state index contributed by atoms with van der Waals surface area (Å²) in [7, 11) is 0. The fourth-order valence-electron chi connectivity index (χ4n) is 1.95. The van der Waals surface area contributed by atoms with E-state index in [1.165, 1.54) is 24.3 Å². The summed E-state index contributed by atoms with van der Waals surface area (Å²) >= 11 is 0.609. The van der Waals surface area contributed by atoms with Crippen molar-refractivity contribution in [3.8, 4) is 5.40 Å². The molecule has 2 aromatic carbocycles. The molecule has 0 amide bonds. The average Bonchev–Trinajstić information content (AvgIpc) is 2.55. The molecule has 0 heterocycles. The van der Waals surface area contributed by atoms with Crippen molar-refractivity contribution >= 4 is 22.5 Å². The van der Waals surface area contributed by atoms with Crippen LogP contribution in [-0.4, -0.2) is 11.7 Å². The van der Waals surface area contributed by atoms with Crippen molar-refractivity contribution in [2.75, 3.05) is 0 Å². The largest absolute Gasteiger partial charge is 0.329 e. The Morgan fingerprint density at radius 1 is 1.09 bits per heavy atom. The maximum Gasteiger partial charge on any atom is 0.329 e. The fraction of sp³-hybridized carbons (Fsp3) is 0.111. The third-order valence-corrected chi connectivity index (χ3v) is 3.81. The smallest absolute Gasteiger partial charge is 0.287 e. The molecule has 0 fully saturated rings. The topological polar surface area (TPSA) is 40.9 Å². The molecule has 0 bridgehead atoms. The first-order valence-electron chi connectivity index (χ1n) is 6.77. The number of Topliss-reactive ketones (excluding diaryl/α,β-unsaturated/α-hetero) is 1. The van der Waals surface area contributed by atoms with Gasteiger partial charge in [-0.05, 0) is 24.2 Å². The van der Waals surface area contributed by atoms with Crippen LogP contribution in [0.4, 0.5) is 8.78 Å². The summed E-state index contributed by atoms with van der Waals surface area (Å²) in [5.41, 5.74) is 1.38. The lowest BCUT2D eigenvalue weighted by Crippen LogP contribution is -2.26. The van der Waals surface area contributed by atoms with Crippen molar-refractivity contribution in [3.05, 3.63) is 77.4 Å². The zero-order valence-corrected chi connectivity index (χ0v) is 13.1. The number of aryl methyl sites for hydroxylation is 1. The van der Waals surface area contributed by atoms with E-state index in [2.05, 4.69) is 0 Å². The Labute approximate surface area is 137 Å². The van der Waals surface area contributed by atoms with Gasteiger partial charge in [0.2, 0.25) is 5.78 Å². The van der Waals surface area contributed by atoms with E-state index < -0.39 is 11.7 Å². The Hall–Kier alpha value is -2.45. The van der Waals surface area contributed by atoms with Gasteiger partial charge in [-0.15, -0.1) is 0 Å². The Bertz CT molecular complexity index is 762. The molecule has 0 spiro atoms. The Balaban J connectivity index is 2.39. The first kappa shape index (κ1) is 16.9. The number of allylic oxidation sites excluding steroid dienone is 1. The van der Waals surface area contributed by atoms with Gasteiger partial charge in [-0.1, -0.05) is 60.2 Å². The highest BCUT2D eigenvalue weighted by Crippen LogP contribution is 2.33. The number of carbonyl (C=O) groups excluding carboxylic acids is 1. The maximum atomic E-state index is 14.3. The van der Waals surface area contributed by atoms with E-state index in [1.54, 1.807) is 35.7 Å². The number of hydrogen-bond acceptors (Lipinski definition) is 3. The molecule has 0 aromatic heterocycles. The van der Waals surface area contributed by atoms with Gasteiger partial charge in [0.05, 0.1) is 0 Å². The number of rotatable bonds is 5. The number of halogens is 2. The standard InChI is InChI=1S/C18H13F2NOS/c1-13-7-9-14(10-8-13)16(23-12-21)11-18(19,20)17(22)15-5-3-2-4-6-15/h2-11H,1H3/b16-11+. The molecule has 0 saturated carbocycles. The van der Waals surface area contributed by atoms with Crippen LogP contribution in [0, 0.1) is 17.6 Å². The number of benzene rings is 2. The van der Waals surface area contributed by atoms with Gasteiger partial charge in [-0.2, -0.15) is 14.0 Å². The molecule has 5 heteroatoms. The van der Waals surface area contributed by atoms with Crippen molar-refractivity contribution in [1.82, 2.24) is 0 Å². The third kappa shape index (κ3) is 4.27. The molecular formula is C18H13F2NOS. The van der Waals surface area contributed by atoms with Crippen LogP contribution in [0.2, 0.25) is 0 Å². The molecule has 0 saturated heterocycles. The number of thioether (sulfide) groups is 1. The predicted octanol–water partition coefficient (Wildman–Crippen LogP) is 5.07. The van der Waals surface area contributed by atoms with Gasteiger partial charge in [0.25, 0.3) is 0 Å². The minimum absolute atomic E-state index is 0.0572. The summed E-state index contributed by atoms with van der Waals surface area (Å²) in [6, 6.07) is 14.2. The molecule has 0 aliphatic rings. The molecule has 0 aliphatic carbocycles. The van der Waals surface area contributed by atoms with E-state index >= 15 is 0 Å². The van der Waals surface area contributed by atoms with Crippen LogP contribution in [0.5, 0.6) is 0 Å². The van der Waals surface area contributed by atoms with E-state index in [9.17, 15) is 13.6 Å². The molecule has 0 atom stereocenters. The number of thiocyanates is 1. The monoisotopic (exact) mass is 329 g/mol. The van der Waals surface area contributed by atoms with E-state index in [0.717, 1.165) is 5.56 Å².